The van der Waals surface area contributed by atoms with Crippen LogP contribution in [0.15, 0.2) is 30.3 Å². The Morgan fingerprint density at radius 1 is 1.12 bits per heavy atom. The molecule has 0 aromatic heterocycles. The van der Waals surface area contributed by atoms with Gasteiger partial charge in [0.1, 0.15) is 12.2 Å². The van der Waals surface area contributed by atoms with Crippen LogP contribution >= 0.6 is 0 Å². The Bertz CT molecular complexity index is 557. The molecule has 1 rings (SSSR count). The van der Waals surface area contributed by atoms with Gasteiger partial charge >= 0.3 is 12.1 Å². The third-order valence-corrected chi connectivity index (χ3v) is 3.19. The molecule has 0 aliphatic rings. The third-order valence-electron chi connectivity index (χ3n) is 3.19. The van der Waals surface area contributed by atoms with E-state index in [0.29, 0.717) is 0 Å². The van der Waals surface area contributed by atoms with Crippen molar-refractivity contribution in [1.29, 1.82) is 0 Å². The van der Waals surface area contributed by atoms with E-state index in [2.05, 4.69) is 0 Å². The Labute approximate surface area is 143 Å². The number of amides is 1. The number of likely N-dealkylation sites (N-methyl/N-ethyl adjacent to an activating group) is 1. The van der Waals surface area contributed by atoms with E-state index in [1.807, 2.05) is 30.3 Å². The molecule has 0 saturated heterocycles. The fourth-order valence-corrected chi connectivity index (χ4v) is 2.17. The number of nitrogens with zero attached hydrogens (tertiary/aromatic N) is 1. The summed E-state index contributed by atoms with van der Waals surface area (Å²) < 4.78 is 10.5. The van der Waals surface area contributed by atoms with Gasteiger partial charge in [0.2, 0.25) is 0 Å². The minimum Gasteiger partial charge on any atom is -0.459 e. The number of benzene rings is 1. The molecular weight excluding hydrogens is 310 g/mol. The van der Waals surface area contributed by atoms with Gasteiger partial charge in [0.05, 0.1) is 5.60 Å². The largest absolute Gasteiger partial charge is 0.459 e. The highest BCUT2D eigenvalue weighted by atomic mass is 16.6. The Balaban J connectivity index is 2.84. The van der Waals surface area contributed by atoms with Crippen molar-refractivity contribution < 1.29 is 24.2 Å². The molecule has 1 amide bonds. The van der Waals surface area contributed by atoms with Crippen LogP contribution in [0.3, 0.4) is 0 Å². The molecule has 1 atom stereocenters. The van der Waals surface area contributed by atoms with Crippen LogP contribution in [0.25, 0.3) is 0 Å². The summed E-state index contributed by atoms with van der Waals surface area (Å²) >= 11 is 0. The molecule has 6 heteroatoms. The molecule has 0 spiro atoms. The predicted molar refractivity (Wildman–Crippen MR) is 90.3 cm³/mol. The normalized spacial score (nSPS) is 13.1. The van der Waals surface area contributed by atoms with E-state index in [-0.39, 0.29) is 6.61 Å². The van der Waals surface area contributed by atoms with E-state index < -0.39 is 29.3 Å². The van der Waals surface area contributed by atoms with E-state index in [9.17, 15) is 14.7 Å². The highest BCUT2D eigenvalue weighted by Crippen LogP contribution is 2.20. The highest BCUT2D eigenvalue weighted by Gasteiger charge is 2.41. The lowest BCUT2D eigenvalue weighted by Gasteiger charge is -2.35. The van der Waals surface area contributed by atoms with Crippen LogP contribution in [0.4, 0.5) is 4.79 Å². The number of hydrogen-bond donors (Lipinski definition) is 1. The van der Waals surface area contributed by atoms with E-state index >= 15 is 0 Å². The topological polar surface area (TPSA) is 76.1 Å². The Hall–Kier alpha value is -2.08. The highest BCUT2D eigenvalue weighted by molar-refractivity contribution is 5.82. The molecular formula is C18H27NO5. The molecule has 0 aliphatic carbocycles. The van der Waals surface area contributed by atoms with Gasteiger partial charge in [-0.2, -0.15) is 0 Å². The fraction of sp³-hybridized carbons (Fsp3) is 0.556. The average molecular weight is 337 g/mol. The van der Waals surface area contributed by atoms with Crippen LogP contribution in [-0.4, -0.2) is 46.4 Å². The lowest BCUT2D eigenvalue weighted by molar-refractivity contribution is -0.159. The van der Waals surface area contributed by atoms with Gasteiger partial charge in [-0.25, -0.2) is 9.59 Å². The third kappa shape index (κ3) is 6.20. The van der Waals surface area contributed by atoms with Crippen LogP contribution < -0.4 is 0 Å². The summed E-state index contributed by atoms with van der Waals surface area (Å²) in [6, 6.07) is 8.00. The molecule has 1 unspecified atom stereocenters. The summed E-state index contributed by atoms with van der Waals surface area (Å²) in [6.45, 7) is 8.14. The standard InChI is InChI=1S/C18H27NO5/c1-17(2,3)24-16(21)19(6)14(18(4,5)22)15(20)23-12-13-10-8-7-9-11-13/h7-11,14,22H,12H2,1-6H3. The number of aliphatic hydroxyl groups is 1. The zero-order valence-corrected chi connectivity index (χ0v) is 15.2. The van der Waals surface area contributed by atoms with Gasteiger partial charge in [-0.1, -0.05) is 30.3 Å². The molecule has 134 valence electrons. The summed E-state index contributed by atoms with van der Waals surface area (Å²) in [5, 5.41) is 10.3. The second-order valence-corrected chi connectivity index (χ2v) is 7.24. The lowest BCUT2D eigenvalue weighted by atomic mass is 9.98. The number of rotatable bonds is 5. The molecule has 0 radical (unpaired) electrons. The molecule has 0 aliphatic heterocycles. The molecule has 24 heavy (non-hydrogen) atoms. The van der Waals surface area contributed by atoms with E-state index in [4.69, 9.17) is 9.47 Å². The van der Waals surface area contributed by atoms with Gasteiger partial charge < -0.3 is 14.6 Å². The average Bonchev–Trinajstić information content (AvgIpc) is 2.43. The SMILES string of the molecule is CN(C(=O)OC(C)(C)C)C(C(=O)OCc1ccccc1)C(C)(C)O. The molecule has 0 fully saturated rings. The van der Waals surface area contributed by atoms with E-state index in [1.165, 1.54) is 20.9 Å². The number of carbonyl (C=O) groups excluding carboxylic acids is 2. The van der Waals surface area contributed by atoms with Gasteiger partial charge in [-0.15, -0.1) is 0 Å². The van der Waals surface area contributed by atoms with Gasteiger partial charge in [0, 0.05) is 7.05 Å². The zero-order chi connectivity index (χ0) is 18.5. The van der Waals surface area contributed by atoms with Crippen molar-refractivity contribution in [2.45, 2.75) is 58.5 Å². The predicted octanol–water partition coefficient (Wildman–Crippen LogP) is 2.74. The van der Waals surface area contributed by atoms with E-state index in [0.717, 1.165) is 10.5 Å². The Morgan fingerprint density at radius 2 is 1.67 bits per heavy atom. The maximum Gasteiger partial charge on any atom is 0.410 e. The summed E-state index contributed by atoms with van der Waals surface area (Å²) in [6.07, 6.45) is -0.703. The molecule has 1 N–H and O–H groups in total. The molecule has 0 saturated carbocycles. The maximum absolute atomic E-state index is 12.4. The van der Waals surface area contributed by atoms with Gasteiger partial charge in [0.25, 0.3) is 0 Å². The Kier molecular flexibility index (Phi) is 6.37. The molecule has 6 nitrogen and oxygen atoms in total. The van der Waals surface area contributed by atoms with Crippen LogP contribution in [0, 0.1) is 0 Å². The molecule has 0 bridgehead atoms. The first-order valence-corrected chi connectivity index (χ1v) is 7.80. The number of hydrogen-bond acceptors (Lipinski definition) is 5. The van der Waals surface area contributed by atoms with Crippen LogP contribution in [-0.2, 0) is 20.9 Å². The second kappa shape index (κ2) is 7.66. The first-order chi connectivity index (χ1) is 10.9. The molecule has 1 aromatic rings. The maximum atomic E-state index is 12.4. The number of carbonyl (C=O) groups is 2. The number of esters is 1. The monoisotopic (exact) mass is 337 g/mol. The van der Waals surface area contributed by atoms with Crippen molar-refractivity contribution in [3.63, 3.8) is 0 Å². The first kappa shape index (κ1) is 20.0. The Morgan fingerprint density at radius 3 is 2.12 bits per heavy atom. The molecule has 0 heterocycles. The fourth-order valence-electron chi connectivity index (χ4n) is 2.17. The van der Waals surface area contributed by atoms with Crippen molar-refractivity contribution in [1.82, 2.24) is 4.90 Å². The van der Waals surface area contributed by atoms with Gasteiger partial charge in [-0.05, 0) is 40.2 Å². The lowest BCUT2D eigenvalue weighted by Crippen LogP contribution is -2.56. The van der Waals surface area contributed by atoms with Gasteiger partial charge in [0.15, 0.2) is 6.04 Å². The minimum absolute atomic E-state index is 0.0639. The smallest absolute Gasteiger partial charge is 0.410 e. The van der Waals surface area contributed by atoms with Crippen LogP contribution in [0.2, 0.25) is 0 Å². The van der Waals surface area contributed by atoms with Crippen LogP contribution in [0.1, 0.15) is 40.2 Å². The van der Waals surface area contributed by atoms with Crippen molar-refractivity contribution in [2.24, 2.45) is 0 Å². The van der Waals surface area contributed by atoms with E-state index in [1.54, 1.807) is 20.8 Å². The van der Waals surface area contributed by atoms with Crippen molar-refractivity contribution in [2.75, 3.05) is 7.05 Å². The summed E-state index contributed by atoms with van der Waals surface area (Å²) in [5.41, 5.74) is -1.37. The van der Waals surface area contributed by atoms with Crippen molar-refractivity contribution >= 4 is 12.1 Å². The summed E-state index contributed by atoms with van der Waals surface area (Å²) in [7, 11) is 1.40. The van der Waals surface area contributed by atoms with Crippen molar-refractivity contribution in [3.05, 3.63) is 35.9 Å². The quantitative estimate of drug-likeness (QED) is 0.836. The van der Waals surface area contributed by atoms with Crippen LogP contribution in [0.5, 0.6) is 0 Å². The molecule has 1 aromatic carbocycles. The zero-order valence-electron chi connectivity index (χ0n) is 15.2. The van der Waals surface area contributed by atoms with Crippen molar-refractivity contribution in [3.8, 4) is 0 Å². The summed E-state index contributed by atoms with van der Waals surface area (Å²) in [4.78, 5) is 25.7. The van der Waals surface area contributed by atoms with Gasteiger partial charge in [-0.3, -0.25) is 4.90 Å². The first-order valence-electron chi connectivity index (χ1n) is 7.80. The second-order valence-electron chi connectivity index (χ2n) is 7.24. The minimum atomic E-state index is -1.49. The number of ether oxygens (including phenoxy) is 2. The summed E-state index contributed by atoms with van der Waals surface area (Å²) in [5.74, 6) is -0.695.